The van der Waals surface area contributed by atoms with Crippen molar-refractivity contribution in [2.24, 2.45) is 0 Å². The van der Waals surface area contributed by atoms with Crippen LogP contribution >= 0.6 is 11.8 Å². The molecule has 0 bridgehead atoms. The van der Waals surface area contributed by atoms with Crippen LogP contribution in [0.25, 0.3) is 0 Å². The van der Waals surface area contributed by atoms with Crippen molar-refractivity contribution in [1.82, 2.24) is 10.6 Å². The van der Waals surface area contributed by atoms with Crippen LogP contribution in [0.2, 0.25) is 0 Å². The van der Waals surface area contributed by atoms with Crippen LogP contribution in [0.5, 0.6) is 0 Å². The third-order valence-corrected chi connectivity index (χ3v) is 5.24. The Balaban J connectivity index is 1.73. The third kappa shape index (κ3) is 4.16. The van der Waals surface area contributed by atoms with E-state index in [2.05, 4.69) is 17.6 Å². The van der Waals surface area contributed by atoms with Gasteiger partial charge < -0.3 is 10.6 Å². The van der Waals surface area contributed by atoms with Gasteiger partial charge in [0.25, 0.3) is 0 Å². The smallest absolute Gasteiger partial charge is 0.237 e. The van der Waals surface area contributed by atoms with Crippen LogP contribution in [-0.4, -0.2) is 35.5 Å². The monoisotopic (exact) mass is 270 g/mol. The second-order valence-corrected chi connectivity index (χ2v) is 7.03. The van der Waals surface area contributed by atoms with Crippen LogP contribution in [0.1, 0.15) is 51.9 Å². The zero-order valence-electron chi connectivity index (χ0n) is 11.4. The molecule has 3 atom stereocenters. The Kier molecular flexibility index (Phi) is 5.83. The highest BCUT2D eigenvalue weighted by Gasteiger charge is 2.28. The molecule has 1 saturated carbocycles. The Labute approximate surface area is 115 Å². The van der Waals surface area contributed by atoms with Gasteiger partial charge in [0.2, 0.25) is 5.91 Å². The average Bonchev–Trinajstić information content (AvgIpc) is 2.65. The van der Waals surface area contributed by atoms with Gasteiger partial charge in [-0.3, -0.25) is 4.79 Å². The van der Waals surface area contributed by atoms with Gasteiger partial charge in [-0.1, -0.05) is 19.8 Å². The molecule has 4 heteroatoms. The average molecular weight is 270 g/mol. The third-order valence-electron chi connectivity index (χ3n) is 4.01. The van der Waals surface area contributed by atoms with Crippen molar-refractivity contribution in [3.8, 4) is 0 Å². The maximum atomic E-state index is 12.2. The second kappa shape index (κ2) is 7.39. The first-order valence-corrected chi connectivity index (χ1v) is 8.50. The quantitative estimate of drug-likeness (QED) is 0.823. The van der Waals surface area contributed by atoms with E-state index in [1.54, 1.807) is 0 Å². The number of carbonyl (C=O) groups excluding carboxylic acids is 1. The first kappa shape index (κ1) is 14.2. The van der Waals surface area contributed by atoms with Gasteiger partial charge in [-0.05, 0) is 44.4 Å². The lowest BCUT2D eigenvalue weighted by Crippen LogP contribution is -2.46. The highest BCUT2D eigenvalue weighted by Crippen LogP contribution is 2.29. The van der Waals surface area contributed by atoms with E-state index in [1.807, 2.05) is 11.8 Å². The molecule has 0 aromatic carbocycles. The lowest BCUT2D eigenvalue weighted by Gasteiger charge is -2.19. The maximum Gasteiger partial charge on any atom is 0.237 e. The van der Waals surface area contributed by atoms with E-state index in [0.717, 1.165) is 31.1 Å². The molecule has 18 heavy (non-hydrogen) atoms. The molecule has 2 fully saturated rings. The fraction of sp³-hybridized carbons (Fsp3) is 0.929. The number of nitrogens with one attached hydrogen (secondary N) is 2. The van der Waals surface area contributed by atoms with Gasteiger partial charge in [0.15, 0.2) is 0 Å². The minimum atomic E-state index is 0.0605. The molecule has 3 nitrogen and oxygen atoms in total. The van der Waals surface area contributed by atoms with Gasteiger partial charge in [-0.15, -0.1) is 0 Å². The van der Waals surface area contributed by atoms with Gasteiger partial charge in [0, 0.05) is 11.3 Å². The topological polar surface area (TPSA) is 41.1 Å². The van der Waals surface area contributed by atoms with Crippen molar-refractivity contribution in [3.63, 3.8) is 0 Å². The Hall–Kier alpha value is -0.220. The number of carbonyl (C=O) groups is 1. The first-order chi connectivity index (χ1) is 8.79. The molecule has 1 saturated heterocycles. The van der Waals surface area contributed by atoms with Crippen LogP contribution in [0, 0.1) is 0 Å². The number of hydrogen-bond acceptors (Lipinski definition) is 3. The van der Waals surface area contributed by atoms with Crippen LogP contribution in [0.3, 0.4) is 0 Å². The molecule has 0 aromatic rings. The Morgan fingerprint density at radius 1 is 1.28 bits per heavy atom. The zero-order valence-corrected chi connectivity index (χ0v) is 12.2. The number of hydrogen-bond donors (Lipinski definition) is 2. The molecule has 1 amide bonds. The van der Waals surface area contributed by atoms with Gasteiger partial charge in [0.05, 0.1) is 6.04 Å². The molecule has 0 spiro atoms. The molecule has 2 rings (SSSR count). The molecule has 3 unspecified atom stereocenters. The lowest BCUT2D eigenvalue weighted by atomic mass is 10.1. The molecule has 0 aromatic heterocycles. The normalized spacial score (nSPS) is 33.1. The summed E-state index contributed by atoms with van der Waals surface area (Å²) in [6.07, 6.45) is 8.25. The van der Waals surface area contributed by atoms with E-state index in [0.29, 0.717) is 6.04 Å². The van der Waals surface area contributed by atoms with Crippen LogP contribution in [0.4, 0.5) is 0 Å². The summed E-state index contributed by atoms with van der Waals surface area (Å²) in [6.45, 7) is 3.21. The van der Waals surface area contributed by atoms with E-state index in [4.69, 9.17) is 0 Å². The molecule has 2 aliphatic rings. The minimum absolute atomic E-state index is 0.0605. The van der Waals surface area contributed by atoms with Gasteiger partial charge in [-0.2, -0.15) is 11.8 Å². The standard InChI is InChI=1S/C14H26N2OS/c1-2-18-12-8-7-11(10-12)16-14(17)13-6-4-3-5-9-15-13/h11-13,15H,2-10H2,1H3,(H,16,17). The summed E-state index contributed by atoms with van der Waals surface area (Å²) in [5, 5.41) is 7.39. The SMILES string of the molecule is CCSC1CCC(NC(=O)C2CCCCCN2)C1. The molecular weight excluding hydrogens is 244 g/mol. The first-order valence-electron chi connectivity index (χ1n) is 7.45. The summed E-state index contributed by atoms with van der Waals surface area (Å²) in [6, 6.07) is 0.483. The summed E-state index contributed by atoms with van der Waals surface area (Å²) in [7, 11) is 0. The Morgan fingerprint density at radius 2 is 2.17 bits per heavy atom. The van der Waals surface area contributed by atoms with Crippen molar-refractivity contribution < 1.29 is 4.79 Å². The van der Waals surface area contributed by atoms with E-state index < -0.39 is 0 Å². The molecule has 104 valence electrons. The van der Waals surface area contributed by atoms with Crippen molar-refractivity contribution in [2.45, 2.75) is 69.2 Å². The highest BCUT2D eigenvalue weighted by atomic mass is 32.2. The molecule has 2 N–H and O–H groups in total. The predicted octanol–water partition coefficient (Wildman–Crippen LogP) is 2.31. The second-order valence-electron chi connectivity index (χ2n) is 5.45. The van der Waals surface area contributed by atoms with Crippen LogP contribution < -0.4 is 10.6 Å². The fourth-order valence-electron chi connectivity index (χ4n) is 3.01. The number of amides is 1. The van der Waals surface area contributed by atoms with Crippen molar-refractivity contribution in [1.29, 1.82) is 0 Å². The summed E-state index contributed by atoms with van der Waals surface area (Å²) in [4.78, 5) is 12.2. The van der Waals surface area contributed by atoms with Gasteiger partial charge in [-0.25, -0.2) is 0 Å². The molecule has 1 aliphatic carbocycles. The van der Waals surface area contributed by atoms with Crippen molar-refractivity contribution in [3.05, 3.63) is 0 Å². The molecule has 1 aliphatic heterocycles. The minimum Gasteiger partial charge on any atom is -0.352 e. The summed E-state index contributed by atoms with van der Waals surface area (Å²) >= 11 is 2.04. The summed E-state index contributed by atoms with van der Waals surface area (Å²) in [5.74, 6) is 1.43. The van der Waals surface area contributed by atoms with Crippen LogP contribution in [-0.2, 0) is 4.79 Å². The largest absolute Gasteiger partial charge is 0.352 e. The lowest BCUT2D eigenvalue weighted by molar-refractivity contribution is -0.123. The van der Waals surface area contributed by atoms with E-state index >= 15 is 0 Å². The Morgan fingerprint density at radius 3 is 3.00 bits per heavy atom. The highest BCUT2D eigenvalue weighted by molar-refractivity contribution is 7.99. The number of thioether (sulfide) groups is 1. The van der Waals surface area contributed by atoms with Crippen LogP contribution in [0.15, 0.2) is 0 Å². The molecular formula is C14H26N2OS. The summed E-state index contributed by atoms with van der Waals surface area (Å²) < 4.78 is 0. The summed E-state index contributed by atoms with van der Waals surface area (Å²) in [5.41, 5.74) is 0. The maximum absolute atomic E-state index is 12.2. The Bertz CT molecular complexity index is 265. The molecule has 1 heterocycles. The van der Waals surface area contributed by atoms with E-state index in [9.17, 15) is 4.79 Å². The van der Waals surface area contributed by atoms with Crippen molar-refractivity contribution >= 4 is 17.7 Å². The van der Waals surface area contributed by atoms with E-state index in [1.165, 1.54) is 31.4 Å². The van der Waals surface area contributed by atoms with Gasteiger partial charge in [0.1, 0.15) is 0 Å². The molecule has 0 radical (unpaired) electrons. The van der Waals surface area contributed by atoms with Crippen molar-refractivity contribution in [2.75, 3.05) is 12.3 Å². The number of rotatable bonds is 4. The van der Waals surface area contributed by atoms with Gasteiger partial charge >= 0.3 is 0 Å². The zero-order chi connectivity index (χ0) is 12.8. The fourth-order valence-corrected chi connectivity index (χ4v) is 4.15. The van der Waals surface area contributed by atoms with E-state index in [-0.39, 0.29) is 11.9 Å². The predicted molar refractivity (Wildman–Crippen MR) is 78.0 cm³/mol.